The van der Waals surface area contributed by atoms with Gasteiger partial charge in [0.2, 0.25) is 0 Å². The molecular formula is C6H6I2N4O. The molecule has 7 heteroatoms. The zero-order valence-corrected chi connectivity index (χ0v) is 10.7. The molecule has 3 N–H and O–H groups in total. The van der Waals surface area contributed by atoms with Gasteiger partial charge in [-0.05, 0) is 22.6 Å². The molecule has 0 saturated carbocycles. The Morgan fingerprint density at radius 3 is 2.85 bits per heavy atom. The van der Waals surface area contributed by atoms with Crippen molar-refractivity contribution in [2.75, 3.05) is 8.85 Å². The first-order valence-electron chi connectivity index (χ1n) is 3.19. The van der Waals surface area contributed by atoms with Gasteiger partial charge in [0.05, 0.1) is 22.9 Å². The fourth-order valence-corrected chi connectivity index (χ4v) is 1.53. The Morgan fingerprint density at radius 1 is 1.69 bits per heavy atom. The van der Waals surface area contributed by atoms with Gasteiger partial charge in [-0.15, -0.1) is 0 Å². The van der Waals surface area contributed by atoms with Gasteiger partial charge in [-0.2, -0.15) is 0 Å². The van der Waals surface area contributed by atoms with E-state index in [9.17, 15) is 4.79 Å². The second kappa shape index (κ2) is 4.26. The summed E-state index contributed by atoms with van der Waals surface area (Å²) in [5.74, 6) is 0.406. The Hall–Kier alpha value is -0.320. The zero-order valence-electron chi connectivity index (χ0n) is 6.42. The van der Waals surface area contributed by atoms with Crippen LogP contribution in [0.4, 0.5) is 11.5 Å². The lowest BCUT2D eigenvalue weighted by molar-refractivity contribution is 1.06. The Kier molecular flexibility index (Phi) is 3.53. The minimum Gasteiger partial charge on any atom is -0.391 e. The second-order valence-electron chi connectivity index (χ2n) is 2.09. The lowest BCUT2D eigenvalue weighted by Crippen LogP contribution is -2.19. The number of H-pyrrole nitrogens is 1. The maximum Gasteiger partial charge on any atom is 0.276 e. The van der Waals surface area contributed by atoms with Crippen molar-refractivity contribution in [2.45, 2.75) is 0 Å². The molecule has 0 aromatic carbocycles. The average molecular weight is 404 g/mol. The molecule has 0 bridgehead atoms. The maximum atomic E-state index is 11.2. The van der Waals surface area contributed by atoms with Crippen LogP contribution in [-0.2, 0) is 0 Å². The van der Waals surface area contributed by atoms with E-state index in [4.69, 9.17) is 5.73 Å². The van der Waals surface area contributed by atoms with E-state index in [1.165, 1.54) is 6.20 Å². The van der Waals surface area contributed by atoms with Crippen LogP contribution in [0, 0.1) is 3.83 Å². The molecule has 1 heterocycles. The summed E-state index contributed by atoms with van der Waals surface area (Å²) in [6.45, 7) is 3.55. The van der Waals surface area contributed by atoms with E-state index in [-0.39, 0.29) is 11.2 Å². The number of nitrogens with two attached hydrogens (primary N) is 1. The summed E-state index contributed by atoms with van der Waals surface area (Å²) < 4.78 is 2.06. The topological polar surface area (TPSA) is 75.0 Å². The van der Waals surface area contributed by atoms with Gasteiger partial charge in [0, 0.05) is 6.20 Å². The summed E-state index contributed by atoms with van der Waals surface area (Å²) in [6.07, 6.45) is 1.52. The molecule has 1 aromatic heterocycles. The standard InChI is InChI=1S/C6H6I2N4O/c1-2-12(8)4-3(9)5(13)11-6(7)10-4/h2H,1,9H2,(H,10,11,13). The van der Waals surface area contributed by atoms with Crippen LogP contribution in [0.15, 0.2) is 17.6 Å². The molecular weight excluding hydrogens is 398 g/mol. The normalized spacial score (nSPS) is 9.69. The molecule has 1 aromatic rings. The molecule has 0 unspecified atom stereocenters. The Balaban J connectivity index is 3.36. The van der Waals surface area contributed by atoms with Crippen molar-refractivity contribution >= 4 is 57.0 Å². The van der Waals surface area contributed by atoms with Gasteiger partial charge in [0.1, 0.15) is 5.69 Å². The predicted molar refractivity (Wildman–Crippen MR) is 68.7 cm³/mol. The van der Waals surface area contributed by atoms with Crippen molar-refractivity contribution in [3.63, 3.8) is 0 Å². The lowest BCUT2D eigenvalue weighted by Gasteiger charge is -2.11. The van der Waals surface area contributed by atoms with Crippen LogP contribution >= 0.6 is 45.5 Å². The minimum absolute atomic E-state index is 0.0923. The number of nitrogens with one attached hydrogen (secondary N) is 1. The smallest absolute Gasteiger partial charge is 0.276 e. The van der Waals surface area contributed by atoms with Gasteiger partial charge < -0.3 is 5.73 Å². The number of nitrogen functional groups attached to an aromatic ring is 1. The van der Waals surface area contributed by atoms with Gasteiger partial charge >= 0.3 is 0 Å². The van der Waals surface area contributed by atoms with E-state index in [0.29, 0.717) is 9.65 Å². The first-order chi connectivity index (χ1) is 6.06. The molecule has 5 nitrogen and oxygen atoms in total. The highest BCUT2D eigenvalue weighted by Gasteiger charge is 2.10. The molecule has 0 atom stereocenters. The van der Waals surface area contributed by atoms with Crippen LogP contribution in [0.5, 0.6) is 0 Å². The number of aromatic nitrogens is 2. The summed E-state index contributed by atoms with van der Waals surface area (Å²) in [7, 11) is 0. The largest absolute Gasteiger partial charge is 0.391 e. The van der Waals surface area contributed by atoms with E-state index < -0.39 is 0 Å². The molecule has 0 amide bonds. The third-order valence-corrected chi connectivity index (χ3v) is 2.63. The van der Waals surface area contributed by atoms with E-state index in [1.807, 2.05) is 45.5 Å². The Morgan fingerprint density at radius 2 is 2.31 bits per heavy atom. The summed E-state index contributed by atoms with van der Waals surface area (Å²) in [5, 5.41) is 0. The minimum atomic E-state index is -0.335. The van der Waals surface area contributed by atoms with Crippen molar-refractivity contribution in [3.8, 4) is 0 Å². The summed E-state index contributed by atoms with van der Waals surface area (Å²) in [5.41, 5.74) is 5.28. The predicted octanol–water partition coefficient (Wildman–Crippen LogP) is 1.26. The highest BCUT2D eigenvalue weighted by atomic mass is 127. The van der Waals surface area contributed by atoms with Crippen LogP contribution in [0.25, 0.3) is 0 Å². The third kappa shape index (κ3) is 2.33. The van der Waals surface area contributed by atoms with Crippen LogP contribution in [0.2, 0.25) is 0 Å². The Bertz CT molecular complexity index is 389. The van der Waals surface area contributed by atoms with Gasteiger partial charge in [-0.25, -0.2) is 4.98 Å². The number of anilines is 2. The van der Waals surface area contributed by atoms with Crippen molar-refractivity contribution in [2.24, 2.45) is 0 Å². The number of aromatic amines is 1. The van der Waals surface area contributed by atoms with Gasteiger partial charge in [-0.1, -0.05) is 6.58 Å². The maximum absolute atomic E-state index is 11.2. The fourth-order valence-electron chi connectivity index (χ4n) is 0.693. The highest BCUT2D eigenvalue weighted by Crippen LogP contribution is 2.20. The average Bonchev–Trinajstić information content (AvgIpc) is 2.10. The first-order valence-corrected chi connectivity index (χ1v) is 5.23. The fraction of sp³-hybridized carbons (Fsp3) is 0. The van der Waals surface area contributed by atoms with Gasteiger partial charge in [0.25, 0.3) is 5.56 Å². The molecule has 0 aliphatic heterocycles. The molecule has 0 saturated heterocycles. The van der Waals surface area contributed by atoms with E-state index in [2.05, 4.69) is 16.5 Å². The molecule has 1 rings (SSSR count). The highest BCUT2D eigenvalue weighted by molar-refractivity contribution is 14.1. The van der Waals surface area contributed by atoms with Crippen molar-refractivity contribution in [3.05, 3.63) is 27.0 Å². The van der Waals surface area contributed by atoms with E-state index in [1.54, 1.807) is 3.11 Å². The summed E-state index contributed by atoms with van der Waals surface area (Å²) in [6, 6.07) is 0. The molecule has 0 fully saturated rings. The number of hydrogen-bond donors (Lipinski definition) is 2. The molecule has 0 radical (unpaired) electrons. The van der Waals surface area contributed by atoms with Crippen LogP contribution in [0.3, 0.4) is 0 Å². The molecule has 0 aliphatic carbocycles. The first kappa shape index (κ1) is 10.8. The van der Waals surface area contributed by atoms with Crippen molar-refractivity contribution < 1.29 is 0 Å². The summed E-state index contributed by atoms with van der Waals surface area (Å²) in [4.78, 5) is 17.7. The van der Waals surface area contributed by atoms with Crippen LogP contribution < -0.4 is 14.4 Å². The Labute approximate surface area is 102 Å². The SMILES string of the molecule is C=CN(I)c1nc(I)[nH]c(=O)c1N. The lowest BCUT2D eigenvalue weighted by atomic mass is 10.5. The monoisotopic (exact) mass is 404 g/mol. The number of nitrogens with zero attached hydrogens (tertiary/aromatic N) is 2. The molecule has 70 valence electrons. The van der Waals surface area contributed by atoms with Gasteiger partial charge in [-0.3, -0.25) is 12.9 Å². The van der Waals surface area contributed by atoms with Crippen molar-refractivity contribution in [1.29, 1.82) is 0 Å². The summed E-state index contributed by atoms with van der Waals surface area (Å²) >= 11 is 3.86. The van der Waals surface area contributed by atoms with E-state index in [0.717, 1.165) is 0 Å². The number of rotatable bonds is 2. The van der Waals surface area contributed by atoms with Gasteiger partial charge in [0.15, 0.2) is 9.65 Å². The van der Waals surface area contributed by atoms with Crippen LogP contribution in [-0.4, -0.2) is 9.97 Å². The van der Waals surface area contributed by atoms with Crippen LogP contribution in [0.1, 0.15) is 0 Å². The van der Waals surface area contributed by atoms with E-state index >= 15 is 0 Å². The zero-order chi connectivity index (χ0) is 10.0. The molecule has 0 aliphatic rings. The number of halogens is 2. The second-order valence-corrected chi connectivity index (χ2v) is 4.15. The third-order valence-electron chi connectivity index (χ3n) is 1.27. The molecule has 13 heavy (non-hydrogen) atoms. The quantitative estimate of drug-likeness (QED) is 0.443. The molecule has 0 spiro atoms. The number of hydrogen-bond acceptors (Lipinski definition) is 4. The van der Waals surface area contributed by atoms with Crippen molar-refractivity contribution in [1.82, 2.24) is 9.97 Å².